The number of carbonyl (C=O) groups excluding carboxylic acids is 1. The molecule has 0 saturated heterocycles. The highest BCUT2D eigenvalue weighted by Gasteiger charge is 2.17. The molecule has 1 aromatic heterocycles. The van der Waals surface area contributed by atoms with Gasteiger partial charge in [0, 0.05) is 25.6 Å². The van der Waals surface area contributed by atoms with Gasteiger partial charge < -0.3 is 9.88 Å². The number of rotatable bonds is 3. The minimum absolute atomic E-state index is 0.131. The minimum atomic E-state index is -0.131. The predicted octanol–water partition coefficient (Wildman–Crippen LogP) is 2.43. The number of benzene rings is 1. The van der Waals surface area contributed by atoms with Gasteiger partial charge in [-0.05, 0) is 36.6 Å². The van der Waals surface area contributed by atoms with Crippen LogP contribution in [0.5, 0.6) is 0 Å². The zero-order valence-electron chi connectivity index (χ0n) is 13.6. The van der Waals surface area contributed by atoms with Crippen LogP contribution in [-0.4, -0.2) is 27.7 Å². The van der Waals surface area contributed by atoms with Crippen LogP contribution >= 0.6 is 0 Å². The van der Waals surface area contributed by atoms with Gasteiger partial charge in [0.05, 0.1) is 5.57 Å². The molecule has 2 aromatic rings. The normalized spacial score (nSPS) is 14.4. The number of aromatic nitrogens is 3. The number of nitriles is 1. The van der Waals surface area contributed by atoms with Gasteiger partial charge in [0.15, 0.2) is 5.82 Å². The summed E-state index contributed by atoms with van der Waals surface area (Å²) in [6, 6.07) is 9.35. The van der Waals surface area contributed by atoms with Gasteiger partial charge in [0.1, 0.15) is 11.9 Å². The minimum Gasteiger partial charge on any atom is -0.355 e. The first-order valence-corrected chi connectivity index (χ1v) is 8.09. The van der Waals surface area contributed by atoms with E-state index in [2.05, 4.69) is 26.2 Å². The molecule has 2 heterocycles. The van der Waals surface area contributed by atoms with Crippen molar-refractivity contribution in [3.63, 3.8) is 0 Å². The van der Waals surface area contributed by atoms with Crippen LogP contribution < -0.4 is 5.32 Å². The lowest BCUT2D eigenvalue weighted by Gasteiger charge is -2.06. The number of nitrogens with zero attached hydrogens (tertiary/aromatic N) is 4. The van der Waals surface area contributed by atoms with Gasteiger partial charge in [-0.3, -0.25) is 4.79 Å². The molecule has 24 heavy (non-hydrogen) atoms. The molecule has 0 saturated carbocycles. The molecule has 0 unspecified atom stereocenters. The Morgan fingerprint density at radius 2 is 2.04 bits per heavy atom. The van der Waals surface area contributed by atoms with Crippen LogP contribution in [0.4, 0.5) is 0 Å². The summed E-state index contributed by atoms with van der Waals surface area (Å²) in [4.78, 5) is 11.6. The van der Waals surface area contributed by atoms with Crippen molar-refractivity contribution in [2.24, 2.45) is 0 Å². The smallest absolute Gasteiger partial charge is 0.251 e. The van der Waals surface area contributed by atoms with Gasteiger partial charge in [-0.15, -0.1) is 10.2 Å². The molecular formula is C18H19N5O. The van der Waals surface area contributed by atoms with E-state index in [-0.39, 0.29) is 5.91 Å². The number of allylic oxidation sites excluding steroid dienone is 1. The lowest BCUT2D eigenvalue weighted by Crippen LogP contribution is -2.17. The molecular weight excluding hydrogens is 302 g/mol. The number of hydrogen-bond donors (Lipinski definition) is 1. The Balaban J connectivity index is 1.92. The van der Waals surface area contributed by atoms with E-state index < -0.39 is 0 Å². The van der Waals surface area contributed by atoms with E-state index in [1.54, 1.807) is 25.3 Å². The predicted molar refractivity (Wildman–Crippen MR) is 90.9 cm³/mol. The average Bonchev–Trinajstić information content (AvgIpc) is 2.87. The highest BCUT2D eigenvalue weighted by Crippen LogP contribution is 2.21. The highest BCUT2D eigenvalue weighted by atomic mass is 16.1. The van der Waals surface area contributed by atoms with Crippen molar-refractivity contribution >= 4 is 17.6 Å². The number of nitrogens with one attached hydrogen (secondary N) is 1. The average molecular weight is 321 g/mol. The van der Waals surface area contributed by atoms with Crippen LogP contribution in [0.3, 0.4) is 0 Å². The Morgan fingerprint density at radius 3 is 2.75 bits per heavy atom. The van der Waals surface area contributed by atoms with Crippen LogP contribution in [0.15, 0.2) is 24.3 Å². The number of carbonyl (C=O) groups is 1. The second-order valence-electron chi connectivity index (χ2n) is 5.77. The van der Waals surface area contributed by atoms with E-state index in [0.29, 0.717) is 17.0 Å². The number of fused-ring (bicyclic) bond motifs is 1. The van der Waals surface area contributed by atoms with E-state index in [9.17, 15) is 10.1 Å². The molecule has 122 valence electrons. The van der Waals surface area contributed by atoms with E-state index in [4.69, 9.17) is 0 Å². The largest absolute Gasteiger partial charge is 0.355 e. The Hall–Kier alpha value is -2.94. The molecule has 0 bridgehead atoms. The molecule has 3 rings (SSSR count). The second kappa shape index (κ2) is 7.09. The standard InChI is InChI=1S/C18H19N5O/c1-20-18(24)14-8-6-13(7-9-14)11-15(12-19)17-22-21-16-5-3-2-4-10-23(16)17/h6-9,11H,2-5,10H2,1H3,(H,20,24)/b15-11+. The van der Waals surface area contributed by atoms with Gasteiger partial charge in [0.25, 0.3) is 5.91 Å². The van der Waals surface area contributed by atoms with E-state index >= 15 is 0 Å². The van der Waals surface area contributed by atoms with Gasteiger partial charge in [-0.2, -0.15) is 5.26 Å². The molecule has 6 heteroatoms. The Kier molecular flexibility index (Phi) is 4.71. The van der Waals surface area contributed by atoms with Gasteiger partial charge in [0.2, 0.25) is 0 Å². The van der Waals surface area contributed by atoms with Gasteiger partial charge >= 0.3 is 0 Å². The molecule has 0 fully saturated rings. The maximum atomic E-state index is 11.6. The Bertz CT molecular complexity index is 811. The summed E-state index contributed by atoms with van der Waals surface area (Å²) in [7, 11) is 1.60. The van der Waals surface area contributed by atoms with Crippen molar-refractivity contribution in [3.05, 3.63) is 47.0 Å². The van der Waals surface area contributed by atoms with Crippen LogP contribution in [0.1, 0.15) is 46.8 Å². The molecule has 1 aromatic carbocycles. The molecule has 0 radical (unpaired) electrons. The second-order valence-corrected chi connectivity index (χ2v) is 5.77. The van der Waals surface area contributed by atoms with Crippen molar-refractivity contribution in [1.29, 1.82) is 5.26 Å². The fourth-order valence-corrected chi connectivity index (χ4v) is 2.87. The summed E-state index contributed by atoms with van der Waals surface area (Å²) >= 11 is 0. The van der Waals surface area contributed by atoms with Crippen LogP contribution in [0.25, 0.3) is 11.6 Å². The summed E-state index contributed by atoms with van der Waals surface area (Å²) in [5.74, 6) is 1.46. The molecule has 1 N–H and O–H groups in total. The molecule has 1 aliphatic heterocycles. The molecule has 0 aliphatic carbocycles. The SMILES string of the molecule is CNC(=O)c1ccc(/C=C(\C#N)c2nnc3n2CCCCC3)cc1. The molecule has 6 nitrogen and oxygen atoms in total. The highest BCUT2D eigenvalue weighted by molar-refractivity contribution is 5.94. The van der Waals surface area contributed by atoms with Gasteiger partial charge in [-0.25, -0.2) is 0 Å². The molecule has 0 atom stereocenters. The van der Waals surface area contributed by atoms with Crippen LogP contribution in [-0.2, 0) is 13.0 Å². The first-order valence-electron chi connectivity index (χ1n) is 8.09. The fraction of sp³-hybridized carbons (Fsp3) is 0.333. The summed E-state index contributed by atoms with van der Waals surface area (Å²) in [5.41, 5.74) is 1.93. The number of hydrogen-bond acceptors (Lipinski definition) is 4. The van der Waals surface area contributed by atoms with Crippen LogP contribution in [0.2, 0.25) is 0 Å². The quantitative estimate of drug-likeness (QED) is 0.880. The lowest BCUT2D eigenvalue weighted by molar-refractivity contribution is 0.0963. The Labute approximate surface area is 140 Å². The zero-order chi connectivity index (χ0) is 16.9. The first-order chi connectivity index (χ1) is 11.7. The maximum Gasteiger partial charge on any atom is 0.251 e. The summed E-state index contributed by atoms with van der Waals surface area (Å²) in [6.07, 6.45) is 6.07. The number of aryl methyl sites for hydroxylation is 1. The van der Waals surface area contributed by atoms with Crippen molar-refractivity contribution < 1.29 is 4.79 Å². The van der Waals surface area contributed by atoms with Crippen molar-refractivity contribution in [3.8, 4) is 6.07 Å². The van der Waals surface area contributed by atoms with E-state index in [0.717, 1.165) is 37.2 Å². The zero-order valence-corrected chi connectivity index (χ0v) is 13.6. The van der Waals surface area contributed by atoms with Gasteiger partial charge in [-0.1, -0.05) is 18.6 Å². The fourth-order valence-electron chi connectivity index (χ4n) is 2.87. The Morgan fingerprint density at radius 1 is 1.25 bits per heavy atom. The summed E-state index contributed by atoms with van der Waals surface area (Å²) < 4.78 is 2.06. The topological polar surface area (TPSA) is 83.6 Å². The third-order valence-electron chi connectivity index (χ3n) is 4.18. The van der Waals surface area contributed by atoms with E-state index in [1.807, 2.05) is 12.1 Å². The molecule has 1 aliphatic rings. The van der Waals surface area contributed by atoms with Crippen LogP contribution in [0, 0.1) is 11.3 Å². The van der Waals surface area contributed by atoms with Crippen molar-refractivity contribution in [1.82, 2.24) is 20.1 Å². The van der Waals surface area contributed by atoms with Crippen molar-refractivity contribution in [2.75, 3.05) is 7.05 Å². The molecule has 1 amide bonds. The number of amides is 1. The first kappa shape index (κ1) is 15.9. The summed E-state index contributed by atoms with van der Waals surface area (Å²) in [5, 5.41) is 20.6. The monoisotopic (exact) mass is 321 g/mol. The van der Waals surface area contributed by atoms with E-state index in [1.165, 1.54) is 6.42 Å². The lowest BCUT2D eigenvalue weighted by atomic mass is 10.1. The summed E-state index contributed by atoms with van der Waals surface area (Å²) in [6.45, 7) is 0.853. The maximum absolute atomic E-state index is 11.6. The van der Waals surface area contributed by atoms with Crippen molar-refractivity contribution in [2.45, 2.75) is 32.2 Å². The molecule has 0 spiro atoms. The third-order valence-corrected chi connectivity index (χ3v) is 4.18. The third kappa shape index (κ3) is 3.20.